The van der Waals surface area contributed by atoms with Crippen LogP contribution >= 0.6 is 0 Å². The highest BCUT2D eigenvalue weighted by molar-refractivity contribution is 5.92. The molecule has 0 spiro atoms. The lowest BCUT2D eigenvalue weighted by atomic mass is 10.2. The van der Waals surface area contributed by atoms with Gasteiger partial charge in [0.15, 0.2) is 0 Å². The monoisotopic (exact) mass is 273 g/mol. The quantitative estimate of drug-likeness (QED) is 0.669. The summed E-state index contributed by atoms with van der Waals surface area (Å²) in [5.74, 6) is -0.0322. The normalized spacial score (nSPS) is 10.8. The highest BCUT2D eigenvalue weighted by atomic mass is 16.5. The maximum Gasteiger partial charge on any atom is 0.307 e. The zero-order valence-electron chi connectivity index (χ0n) is 11.1. The standard InChI is InChI=1S/C15H15NO4/c1-19-15(18)8-9-16-14(17)7-6-12-10-11-4-2-3-5-13(11)20-12/h2-7,10H,8-9H2,1H3,(H,16,17)/b7-6+. The minimum absolute atomic E-state index is 0.153. The second kappa shape index (κ2) is 6.56. The van der Waals surface area contributed by atoms with Crippen LogP contribution in [-0.4, -0.2) is 25.5 Å². The summed E-state index contributed by atoms with van der Waals surface area (Å²) < 4.78 is 10.0. The maximum absolute atomic E-state index is 11.5. The summed E-state index contributed by atoms with van der Waals surface area (Å²) in [7, 11) is 1.31. The van der Waals surface area contributed by atoms with Gasteiger partial charge in [-0.05, 0) is 18.2 Å². The predicted octanol–water partition coefficient (Wildman–Crippen LogP) is 2.13. The largest absolute Gasteiger partial charge is 0.469 e. The third kappa shape index (κ3) is 3.71. The van der Waals surface area contributed by atoms with E-state index in [1.165, 1.54) is 13.2 Å². The average molecular weight is 273 g/mol. The lowest BCUT2D eigenvalue weighted by molar-refractivity contribution is -0.140. The summed E-state index contributed by atoms with van der Waals surface area (Å²) in [4.78, 5) is 22.4. The van der Waals surface area contributed by atoms with Crippen LogP contribution in [0.3, 0.4) is 0 Å². The molecule has 0 bridgehead atoms. The Bertz CT molecular complexity index is 609. The van der Waals surface area contributed by atoms with Crippen LogP contribution in [0.4, 0.5) is 0 Å². The Kier molecular flexibility index (Phi) is 4.55. The maximum atomic E-state index is 11.5. The van der Waals surface area contributed by atoms with Gasteiger partial charge in [-0.25, -0.2) is 0 Å². The number of methoxy groups -OCH3 is 1. The van der Waals surface area contributed by atoms with Gasteiger partial charge in [0, 0.05) is 18.0 Å². The Balaban J connectivity index is 1.88. The molecule has 1 amide bonds. The first-order valence-electron chi connectivity index (χ1n) is 6.20. The molecular formula is C15H15NO4. The number of ether oxygens (including phenoxy) is 1. The van der Waals surface area contributed by atoms with Crippen molar-refractivity contribution in [1.82, 2.24) is 5.32 Å². The second-order valence-electron chi connectivity index (χ2n) is 4.14. The van der Waals surface area contributed by atoms with Crippen molar-refractivity contribution in [3.05, 3.63) is 42.2 Å². The lowest BCUT2D eigenvalue weighted by Gasteiger charge is -2.00. The highest BCUT2D eigenvalue weighted by Crippen LogP contribution is 2.19. The van der Waals surface area contributed by atoms with E-state index in [1.807, 2.05) is 30.3 Å². The van der Waals surface area contributed by atoms with Crippen LogP contribution in [0, 0.1) is 0 Å². The van der Waals surface area contributed by atoms with E-state index in [0.717, 1.165) is 11.0 Å². The van der Waals surface area contributed by atoms with Gasteiger partial charge >= 0.3 is 5.97 Å². The molecule has 0 aliphatic carbocycles. The molecule has 2 rings (SSSR count). The molecule has 5 heteroatoms. The van der Waals surface area contributed by atoms with Crippen LogP contribution in [0.1, 0.15) is 12.2 Å². The van der Waals surface area contributed by atoms with Crippen molar-refractivity contribution in [2.75, 3.05) is 13.7 Å². The molecule has 5 nitrogen and oxygen atoms in total. The fourth-order valence-corrected chi connectivity index (χ4v) is 1.69. The lowest BCUT2D eigenvalue weighted by Crippen LogP contribution is -2.24. The molecule has 0 atom stereocenters. The number of rotatable bonds is 5. The zero-order valence-corrected chi connectivity index (χ0v) is 11.1. The number of nitrogens with one attached hydrogen (secondary N) is 1. The summed E-state index contributed by atoms with van der Waals surface area (Å²) >= 11 is 0. The van der Waals surface area contributed by atoms with Gasteiger partial charge in [0.1, 0.15) is 11.3 Å². The molecule has 2 aromatic rings. The molecule has 0 unspecified atom stereocenters. The smallest absolute Gasteiger partial charge is 0.307 e. The molecular weight excluding hydrogens is 258 g/mol. The zero-order chi connectivity index (χ0) is 14.4. The number of furan rings is 1. The molecule has 0 saturated heterocycles. The van der Waals surface area contributed by atoms with Gasteiger partial charge in [0.25, 0.3) is 0 Å². The fourth-order valence-electron chi connectivity index (χ4n) is 1.69. The van der Waals surface area contributed by atoms with Crippen LogP contribution in [0.15, 0.2) is 40.8 Å². The molecule has 0 fully saturated rings. The number of amides is 1. The highest BCUT2D eigenvalue weighted by Gasteiger charge is 2.02. The van der Waals surface area contributed by atoms with Gasteiger partial charge in [0.05, 0.1) is 13.5 Å². The molecule has 1 N–H and O–H groups in total. The van der Waals surface area contributed by atoms with Gasteiger partial charge in [0.2, 0.25) is 5.91 Å². The number of hydrogen-bond acceptors (Lipinski definition) is 4. The van der Waals surface area contributed by atoms with Gasteiger partial charge in [-0.1, -0.05) is 18.2 Å². The first kappa shape index (κ1) is 13.9. The van der Waals surface area contributed by atoms with E-state index >= 15 is 0 Å². The molecule has 0 saturated carbocycles. The van der Waals surface area contributed by atoms with E-state index in [9.17, 15) is 9.59 Å². The van der Waals surface area contributed by atoms with Crippen LogP contribution < -0.4 is 5.32 Å². The number of hydrogen-bond donors (Lipinski definition) is 1. The summed E-state index contributed by atoms with van der Waals surface area (Å²) in [6.45, 7) is 0.246. The van der Waals surface area contributed by atoms with Crippen LogP contribution in [0.2, 0.25) is 0 Å². The Morgan fingerprint density at radius 3 is 2.90 bits per heavy atom. The number of carbonyl (C=O) groups is 2. The molecule has 1 aromatic carbocycles. The van der Waals surface area contributed by atoms with E-state index < -0.39 is 0 Å². The number of fused-ring (bicyclic) bond motifs is 1. The van der Waals surface area contributed by atoms with E-state index in [4.69, 9.17) is 4.42 Å². The second-order valence-corrected chi connectivity index (χ2v) is 4.14. The summed E-state index contributed by atoms with van der Waals surface area (Å²) in [5.41, 5.74) is 0.776. The first-order valence-corrected chi connectivity index (χ1v) is 6.20. The van der Waals surface area contributed by atoms with E-state index in [1.54, 1.807) is 6.08 Å². The minimum atomic E-state index is -0.355. The van der Waals surface area contributed by atoms with E-state index in [0.29, 0.717) is 5.76 Å². The fraction of sp³-hybridized carbons (Fsp3) is 0.200. The van der Waals surface area contributed by atoms with E-state index in [2.05, 4.69) is 10.1 Å². The first-order chi connectivity index (χ1) is 9.69. The molecule has 0 aliphatic heterocycles. The van der Waals surface area contributed by atoms with Gasteiger partial charge in [-0.2, -0.15) is 0 Å². The number of benzene rings is 1. The van der Waals surface area contributed by atoms with Crippen molar-refractivity contribution in [3.8, 4) is 0 Å². The minimum Gasteiger partial charge on any atom is -0.469 e. The van der Waals surface area contributed by atoms with Crippen molar-refractivity contribution in [2.24, 2.45) is 0 Å². The van der Waals surface area contributed by atoms with Crippen LogP contribution in [0.5, 0.6) is 0 Å². The SMILES string of the molecule is COC(=O)CCNC(=O)/C=C/c1cc2ccccc2o1. The molecule has 1 aromatic heterocycles. The number of carbonyl (C=O) groups excluding carboxylic acids is 2. The predicted molar refractivity (Wildman–Crippen MR) is 74.9 cm³/mol. The van der Waals surface area contributed by atoms with Crippen molar-refractivity contribution < 1.29 is 18.7 Å². The Morgan fingerprint density at radius 1 is 1.35 bits per heavy atom. The molecule has 104 valence electrons. The van der Waals surface area contributed by atoms with Gasteiger partial charge < -0.3 is 14.5 Å². The summed E-state index contributed by atoms with van der Waals surface area (Å²) in [6.07, 6.45) is 3.11. The molecule has 0 aliphatic rings. The molecule has 20 heavy (non-hydrogen) atoms. The number of esters is 1. The van der Waals surface area contributed by atoms with Crippen molar-refractivity contribution in [2.45, 2.75) is 6.42 Å². The summed E-state index contributed by atoms with van der Waals surface area (Å²) in [5, 5.41) is 3.57. The van der Waals surface area contributed by atoms with Crippen LogP contribution in [-0.2, 0) is 14.3 Å². The summed E-state index contributed by atoms with van der Waals surface area (Å²) in [6, 6.07) is 9.47. The Hall–Kier alpha value is -2.56. The van der Waals surface area contributed by atoms with Gasteiger partial charge in [-0.3, -0.25) is 9.59 Å². The van der Waals surface area contributed by atoms with Crippen molar-refractivity contribution in [1.29, 1.82) is 0 Å². The average Bonchev–Trinajstić information content (AvgIpc) is 2.87. The van der Waals surface area contributed by atoms with Gasteiger partial charge in [-0.15, -0.1) is 0 Å². The van der Waals surface area contributed by atoms with E-state index in [-0.39, 0.29) is 24.8 Å². The third-order valence-corrected chi connectivity index (χ3v) is 2.70. The number of para-hydroxylation sites is 1. The third-order valence-electron chi connectivity index (χ3n) is 2.70. The molecule has 1 heterocycles. The topological polar surface area (TPSA) is 68.5 Å². The van der Waals surface area contributed by atoms with Crippen molar-refractivity contribution >= 4 is 28.9 Å². The van der Waals surface area contributed by atoms with Crippen LogP contribution in [0.25, 0.3) is 17.0 Å². The Labute approximate surface area is 116 Å². The molecule has 0 radical (unpaired) electrons. The Morgan fingerprint density at radius 2 is 2.15 bits per heavy atom. The van der Waals surface area contributed by atoms with Crippen molar-refractivity contribution in [3.63, 3.8) is 0 Å².